The monoisotopic (exact) mass is 490 g/mol. The Labute approximate surface area is 207 Å². The molecule has 4 rings (SSSR count). The van der Waals surface area contributed by atoms with Crippen LogP contribution in [-0.2, 0) is 10.0 Å². The molecule has 6 nitrogen and oxygen atoms in total. The molecular formula is C27H46N4O2S. The lowest BCUT2D eigenvalue weighted by molar-refractivity contribution is 0.148. The highest BCUT2D eigenvalue weighted by atomic mass is 32.2. The summed E-state index contributed by atoms with van der Waals surface area (Å²) in [5.74, 6) is 0.600. The maximum Gasteiger partial charge on any atom is 0.216 e. The fourth-order valence-corrected chi connectivity index (χ4v) is 6.75. The number of anilines is 2. The van der Waals surface area contributed by atoms with Crippen molar-refractivity contribution in [2.24, 2.45) is 5.92 Å². The van der Waals surface area contributed by atoms with Crippen LogP contribution in [0.4, 0.5) is 11.4 Å². The Morgan fingerprint density at radius 3 is 2.06 bits per heavy atom. The fourth-order valence-electron chi connectivity index (χ4n) is 5.72. The van der Waals surface area contributed by atoms with E-state index in [1.165, 1.54) is 56.6 Å². The third kappa shape index (κ3) is 6.67. The molecule has 0 unspecified atom stereocenters. The topological polar surface area (TPSA) is 64.7 Å². The molecule has 0 radical (unpaired) electrons. The first-order valence-corrected chi connectivity index (χ1v) is 15.0. The van der Waals surface area contributed by atoms with Gasteiger partial charge in [0.2, 0.25) is 10.0 Å². The molecule has 192 valence electrons. The van der Waals surface area contributed by atoms with Gasteiger partial charge in [-0.15, -0.1) is 0 Å². The minimum atomic E-state index is -3.26. The van der Waals surface area contributed by atoms with Gasteiger partial charge in [-0.3, -0.25) is 4.90 Å². The Morgan fingerprint density at radius 1 is 0.853 bits per heavy atom. The summed E-state index contributed by atoms with van der Waals surface area (Å²) in [6.45, 7) is 10.9. The molecule has 2 N–H and O–H groups in total. The van der Waals surface area contributed by atoms with Gasteiger partial charge >= 0.3 is 0 Å². The average Bonchev–Trinajstić information content (AvgIpc) is 2.84. The number of rotatable bonds is 7. The number of sulfonamides is 1. The summed E-state index contributed by atoms with van der Waals surface area (Å²) in [6, 6.07) is 9.86. The second-order valence-electron chi connectivity index (χ2n) is 11.7. The zero-order valence-electron chi connectivity index (χ0n) is 21.6. The van der Waals surface area contributed by atoms with Crippen LogP contribution in [0.5, 0.6) is 0 Å². The molecule has 7 heteroatoms. The third-order valence-electron chi connectivity index (χ3n) is 8.21. The van der Waals surface area contributed by atoms with Crippen molar-refractivity contribution in [2.75, 3.05) is 42.9 Å². The van der Waals surface area contributed by atoms with Crippen molar-refractivity contribution < 1.29 is 8.42 Å². The van der Waals surface area contributed by atoms with E-state index in [1.807, 2.05) is 0 Å². The van der Waals surface area contributed by atoms with Gasteiger partial charge in [0.1, 0.15) is 0 Å². The zero-order valence-corrected chi connectivity index (χ0v) is 22.4. The Bertz CT molecular complexity index is 859. The molecular weight excluding hydrogens is 444 g/mol. The Balaban J connectivity index is 1.17. The molecule has 34 heavy (non-hydrogen) atoms. The number of benzene rings is 1. The zero-order chi connectivity index (χ0) is 24.2. The van der Waals surface area contributed by atoms with E-state index < -0.39 is 14.8 Å². The first kappa shape index (κ1) is 25.8. The van der Waals surface area contributed by atoms with Crippen molar-refractivity contribution in [3.63, 3.8) is 0 Å². The standard InChI is InChI=1S/C27H46N4O2S/c1-27(2,3)34(32,33)29-24-11-9-22(10-12-24)21-28-23-13-15-26(16-14-23)31-19-17-30(18-20-31)25-7-5-4-6-8-25/h13-16,22,24-25,28-29H,4-12,17-21H2,1-3H3. The van der Waals surface area contributed by atoms with Crippen molar-refractivity contribution in [2.45, 2.75) is 95.4 Å². The van der Waals surface area contributed by atoms with Crippen LogP contribution >= 0.6 is 0 Å². The number of nitrogens with zero attached hydrogens (tertiary/aromatic N) is 2. The second-order valence-corrected chi connectivity index (χ2v) is 14.2. The van der Waals surface area contributed by atoms with E-state index in [-0.39, 0.29) is 6.04 Å². The van der Waals surface area contributed by atoms with Crippen molar-refractivity contribution in [1.29, 1.82) is 0 Å². The Morgan fingerprint density at radius 2 is 1.47 bits per heavy atom. The van der Waals surface area contributed by atoms with Crippen LogP contribution in [0.25, 0.3) is 0 Å². The van der Waals surface area contributed by atoms with Crippen molar-refractivity contribution in [3.8, 4) is 0 Å². The van der Waals surface area contributed by atoms with Crippen molar-refractivity contribution in [1.82, 2.24) is 9.62 Å². The molecule has 3 fully saturated rings. The molecule has 0 aromatic heterocycles. The van der Waals surface area contributed by atoms with Gasteiger partial charge in [0, 0.05) is 56.2 Å². The molecule has 1 aliphatic heterocycles. The summed E-state index contributed by atoms with van der Waals surface area (Å²) in [7, 11) is -3.26. The van der Waals surface area contributed by atoms with E-state index in [2.05, 4.69) is 44.1 Å². The average molecular weight is 491 g/mol. The highest BCUT2D eigenvalue weighted by molar-refractivity contribution is 7.90. The van der Waals surface area contributed by atoms with Crippen LogP contribution in [0.2, 0.25) is 0 Å². The summed E-state index contributed by atoms with van der Waals surface area (Å²) in [6.07, 6.45) is 11.0. The van der Waals surface area contributed by atoms with Crippen molar-refractivity contribution >= 4 is 21.4 Å². The predicted octanol–water partition coefficient (Wildman–Crippen LogP) is 4.83. The van der Waals surface area contributed by atoms with Gasteiger partial charge in [0.05, 0.1) is 4.75 Å². The maximum absolute atomic E-state index is 12.4. The second kappa shape index (κ2) is 11.2. The number of hydrogen-bond donors (Lipinski definition) is 2. The normalized spacial score (nSPS) is 25.9. The van der Waals surface area contributed by atoms with Gasteiger partial charge in [0.15, 0.2) is 0 Å². The summed E-state index contributed by atoms with van der Waals surface area (Å²) in [5, 5.41) is 3.62. The third-order valence-corrected chi connectivity index (χ3v) is 10.5. The molecule has 1 saturated heterocycles. The van der Waals surface area contributed by atoms with Crippen LogP contribution in [-0.4, -0.2) is 62.9 Å². The largest absolute Gasteiger partial charge is 0.385 e. The van der Waals surface area contributed by atoms with Gasteiger partial charge in [-0.1, -0.05) is 19.3 Å². The molecule has 0 amide bonds. The van der Waals surface area contributed by atoms with Crippen LogP contribution < -0.4 is 14.9 Å². The Hall–Kier alpha value is -1.31. The molecule has 3 aliphatic rings. The first-order chi connectivity index (χ1) is 16.2. The van der Waals surface area contributed by atoms with E-state index in [0.29, 0.717) is 5.92 Å². The van der Waals surface area contributed by atoms with E-state index in [4.69, 9.17) is 0 Å². The van der Waals surface area contributed by atoms with Crippen LogP contribution in [0.3, 0.4) is 0 Å². The van der Waals surface area contributed by atoms with E-state index >= 15 is 0 Å². The number of piperazine rings is 1. The predicted molar refractivity (Wildman–Crippen MR) is 143 cm³/mol. The Kier molecular flexibility index (Phi) is 8.47. The molecule has 1 heterocycles. The van der Waals surface area contributed by atoms with Crippen LogP contribution in [0.1, 0.15) is 78.6 Å². The van der Waals surface area contributed by atoms with Gasteiger partial charge in [0.25, 0.3) is 0 Å². The molecule has 0 bridgehead atoms. The highest BCUT2D eigenvalue weighted by Gasteiger charge is 2.32. The van der Waals surface area contributed by atoms with Gasteiger partial charge in [-0.2, -0.15) is 0 Å². The minimum Gasteiger partial charge on any atom is -0.385 e. The van der Waals surface area contributed by atoms with Gasteiger partial charge in [-0.25, -0.2) is 13.1 Å². The molecule has 0 spiro atoms. The summed E-state index contributed by atoms with van der Waals surface area (Å²) >= 11 is 0. The first-order valence-electron chi connectivity index (χ1n) is 13.6. The molecule has 2 aliphatic carbocycles. The number of hydrogen-bond acceptors (Lipinski definition) is 5. The van der Waals surface area contributed by atoms with Gasteiger partial charge in [-0.05, 0) is 89.5 Å². The molecule has 1 aromatic carbocycles. The SMILES string of the molecule is CC(C)(C)S(=O)(=O)NC1CCC(CNc2ccc(N3CCN(C4CCCCC4)CC3)cc2)CC1. The number of nitrogens with one attached hydrogen (secondary N) is 2. The summed E-state index contributed by atoms with van der Waals surface area (Å²) in [5.41, 5.74) is 2.51. The quantitative estimate of drug-likeness (QED) is 0.573. The maximum atomic E-state index is 12.4. The minimum absolute atomic E-state index is 0.0818. The van der Waals surface area contributed by atoms with E-state index in [0.717, 1.165) is 51.4 Å². The molecule has 1 aromatic rings. The van der Waals surface area contributed by atoms with Gasteiger partial charge < -0.3 is 10.2 Å². The van der Waals surface area contributed by atoms with Crippen molar-refractivity contribution in [3.05, 3.63) is 24.3 Å². The fraction of sp³-hybridized carbons (Fsp3) is 0.778. The smallest absolute Gasteiger partial charge is 0.216 e. The molecule has 0 atom stereocenters. The lowest BCUT2D eigenvalue weighted by Gasteiger charge is -2.41. The molecule has 2 saturated carbocycles. The van der Waals surface area contributed by atoms with Crippen LogP contribution in [0, 0.1) is 5.92 Å². The highest BCUT2D eigenvalue weighted by Crippen LogP contribution is 2.28. The lowest BCUT2D eigenvalue weighted by Crippen LogP contribution is -2.50. The summed E-state index contributed by atoms with van der Waals surface area (Å²) in [4.78, 5) is 5.26. The lowest BCUT2D eigenvalue weighted by atomic mass is 9.86. The van der Waals surface area contributed by atoms with Crippen LogP contribution in [0.15, 0.2) is 24.3 Å². The summed E-state index contributed by atoms with van der Waals surface area (Å²) < 4.78 is 27.0. The van der Waals surface area contributed by atoms with E-state index in [1.54, 1.807) is 20.8 Å². The van der Waals surface area contributed by atoms with E-state index in [9.17, 15) is 8.42 Å².